The van der Waals surface area contributed by atoms with Gasteiger partial charge in [0.15, 0.2) is 0 Å². The molecule has 0 bridgehead atoms. The van der Waals surface area contributed by atoms with Crippen LogP contribution in [-0.2, 0) is 0 Å². The Hall–Kier alpha value is -1.66. The van der Waals surface area contributed by atoms with E-state index in [2.05, 4.69) is 10.2 Å². The minimum Gasteiger partial charge on any atom is -0.288 e. The molecule has 2 aromatic rings. The largest absolute Gasteiger partial charge is 0.288 e. The van der Waals surface area contributed by atoms with Crippen molar-refractivity contribution in [2.24, 2.45) is 0 Å². The average molecular weight is 208 g/mol. The van der Waals surface area contributed by atoms with Gasteiger partial charge >= 0.3 is 0 Å². The molecule has 0 fully saturated rings. The zero-order valence-corrected chi connectivity index (χ0v) is 7.95. The van der Waals surface area contributed by atoms with Crippen LogP contribution in [0, 0.1) is 4.77 Å². The van der Waals surface area contributed by atoms with Gasteiger partial charge in [-0.15, -0.1) is 5.10 Å². The Morgan fingerprint density at radius 3 is 2.71 bits per heavy atom. The molecule has 0 atom stereocenters. The summed E-state index contributed by atoms with van der Waals surface area (Å²) in [6.45, 7) is 0. The summed E-state index contributed by atoms with van der Waals surface area (Å²) in [6.07, 6.45) is 0. The van der Waals surface area contributed by atoms with Crippen LogP contribution in [0.2, 0.25) is 0 Å². The fraction of sp³-hybridized carbons (Fsp3) is 0. The van der Waals surface area contributed by atoms with E-state index in [0.717, 1.165) is 5.69 Å². The van der Waals surface area contributed by atoms with E-state index in [-0.39, 0.29) is 5.95 Å². The first-order chi connectivity index (χ1) is 6.83. The lowest BCUT2D eigenvalue weighted by Gasteiger charge is -2.03. The fourth-order valence-electron chi connectivity index (χ4n) is 1.19. The maximum Gasteiger partial charge on any atom is 0.251 e. The number of aromatic nitrogens is 3. The third kappa shape index (κ3) is 1.40. The molecule has 1 heterocycles. The third-order valence-corrected chi connectivity index (χ3v) is 2.06. The van der Waals surface area contributed by atoms with Crippen molar-refractivity contribution < 1.29 is 5.21 Å². The molecule has 2 rings (SSSR count). The highest BCUT2D eigenvalue weighted by atomic mass is 32.1. The van der Waals surface area contributed by atoms with Crippen LogP contribution < -0.4 is 5.48 Å². The summed E-state index contributed by atoms with van der Waals surface area (Å²) >= 11 is 5.01. The molecule has 0 unspecified atom stereocenters. The van der Waals surface area contributed by atoms with Crippen LogP contribution in [-0.4, -0.2) is 20.0 Å². The number of aromatic amines is 1. The summed E-state index contributed by atoms with van der Waals surface area (Å²) in [5.41, 5.74) is 2.80. The fourth-order valence-corrected chi connectivity index (χ4v) is 1.43. The molecule has 6 heteroatoms. The molecule has 14 heavy (non-hydrogen) atoms. The second-order valence-electron chi connectivity index (χ2n) is 2.64. The molecule has 0 saturated heterocycles. The van der Waals surface area contributed by atoms with Gasteiger partial charge in [-0.3, -0.25) is 9.77 Å². The van der Waals surface area contributed by atoms with Crippen molar-refractivity contribution in [1.29, 1.82) is 0 Å². The standard InChI is InChI=1S/C8H8N4OS/c13-11-7-9-10-8(14)12(7)6-4-2-1-3-5-6/h1-5,13H,(H,9,11)(H,10,14). The first-order valence-corrected chi connectivity index (χ1v) is 4.36. The number of benzene rings is 1. The predicted octanol–water partition coefficient (Wildman–Crippen LogP) is 1.73. The van der Waals surface area contributed by atoms with Gasteiger partial charge < -0.3 is 0 Å². The third-order valence-electron chi connectivity index (χ3n) is 1.79. The quantitative estimate of drug-likeness (QED) is 0.519. The van der Waals surface area contributed by atoms with Gasteiger partial charge in [0.1, 0.15) is 0 Å². The van der Waals surface area contributed by atoms with Gasteiger partial charge in [-0.2, -0.15) is 0 Å². The van der Waals surface area contributed by atoms with E-state index in [1.807, 2.05) is 35.8 Å². The average Bonchev–Trinajstić information content (AvgIpc) is 2.61. The van der Waals surface area contributed by atoms with Crippen LogP contribution in [0.3, 0.4) is 0 Å². The lowest BCUT2D eigenvalue weighted by atomic mass is 10.3. The summed E-state index contributed by atoms with van der Waals surface area (Å²) in [6, 6.07) is 9.40. The Morgan fingerprint density at radius 2 is 2.07 bits per heavy atom. The van der Waals surface area contributed by atoms with E-state index in [9.17, 15) is 0 Å². The molecule has 0 radical (unpaired) electrons. The van der Waals surface area contributed by atoms with Crippen LogP contribution in [0.5, 0.6) is 0 Å². The molecule has 0 aliphatic carbocycles. The number of nitrogens with zero attached hydrogens (tertiary/aromatic N) is 2. The normalized spacial score (nSPS) is 10.1. The zero-order valence-electron chi connectivity index (χ0n) is 7.14. The second kappa shape index (κ2) is 3.60. The Labute approximate surface area is 85.0 Å². The van der Waals surface area contributed by atoms with Crippen molar-refractivity contribution in [3.63, 3.8) is 0 Å². The maximum atomic E-state index is 8.79. The first-order valence-electron chi connectivity index (χ1n) is 3.96. The van der Waals surface area contributed by atoms with Gasteiger partial charge in [-0.05, 0) is 24.4 Å². The zero-order chi connectivity index (χ0) is 9.97. The maximum absolute atomic E-state index is 8.79. The number of anilines is 1. The van der Waals surface area contributed by atoms with E-state index in [0.29, 0.717) is 4.77 Å². The van der Waals surface area contributed by atoms with Crippen LogP contribution >= 0.6 is 12.2 Å². The molecule has 5 nitrogen and oxygen atoms in total. The molecule has 0 saturated carbocycles. The molecule has 3 N–H and O–H groups in total. The topological polar surface area (TPSA) is 65.9 Å². The molecular weight excluding hydrogens is 200 g/mol. The molecule has 0 amide bonds. The van der Waals surface area contributed by atoms with Crippen molar-refractivity contribution in [2.45, 2.75) is 0 Å². The SMILES string of the molecule is ONc1n[nH]c(=S)n1-c1ccccc1. The summed E-state index contributed by atoms with van der Waals surface area (Å²) in [4.78, 5) is 0. The lowest BCUT2D eigenvalue weighted by Crippen LogP contribution is -2.01. The van der Waals surface area contributed by atoms with E-state index >= 15 is 0 Å². The van der Waals surface area contributed by atoms with Gasteiger partial charge in [0.05, 0.1) is 5.69 Å². The number of rotatable bonds is 2. The van der Waals surface area contributed by atoms with Crippen LogP contribution in [0.25, 0.3) is 5.69 Å². The van der Waals surface area contributed by atoms with Gasteiger partial charge in [0.25, 0.3) is 5.95 Å². The van der Waals surface area contributed by atoms with E-state index in [1.54, 1.807) is 4.57 Å². The van der Waals surface area contributed by atoms with Crippen molar-refractivity contribution in [2.75, 3.05) is 5.48 Å². The van der Waals surface area contributed by atoms with Gasteiger partial charge in [-0.1, -0.05) is 18.2 Å². The van der Waals surface area contributed by atoms with Crippen molar-refractivity contribution in [3.05, 3.63) is 35.1 Å². The smallest absolute Gasteiger partial charge is 0.251 e. The summed E-state index contributed by atoms with van der Waals surface area (Å²) in [7, 11) is 0. The number of H-pyrrole nitrogens is 1. The molecule has 0 aliphatic heterocycles. The number of para-hydroxylation sites is 1. The van der Waals surface area contributed by atoms with Crippen LogP contribution in [0.15, 0.2) is 30.3 Å². The highest BCUT2D eigenvalue weighted by molar-refractivity contribution is 7.71. The van der Waals surface area contributed by atoms with E-state index < -0.39 is 0 Å². The van der Waals surface area contributed by atoms with Gasteiger partial charge in [0, 0.05) is 0 Å². The summed E-state index contributed by atoms with van der Waals surface area (Å²) in [5.74, 6) is 0.265. The molecular formula is C8H8N4OS. The number of hydrogen-bond acceptors (Lipinski definition) is 4. The minimum absolute atomic E-state index is 0.265. The number of nitrogens with one attached hydrogen (secondary N) is 2. The van der Waals surface area contributed by atoms with E-state index in [1.165, 1.54) is 0 Å². The Kier molecular flexibility index (Phi) is 2.30. The summed E-state index contributed by atoms with van der Waals surface area (Å²) in [5, 5.41) is 15.2. The first kappa shape index (κ1) is 8.92. The molecule has 1 aromatic heterocycles. The number of hydrogen-bond donors (Lipinski definition) is 3. The van der Waals surface area contributed by atoms with Crippen molar-refractivity contribution in [3.8, 4) is 5.69 Å². The Morgan fingerprint density at radius 1 is 1.36 bits per heavy atom. The monoisotopic (exact) mass is 208 g/mol. The van der Waals surface area contributed by atoms with Crippen molar-refractivity contribution in [1.82, 2.24) is 14.8 Å². The van der Waals surface area contributed by atoms with Crippen LogP contribution in [0.4, 0.5) is 5.95 Å². The molecule has 1 aromatic carbocycles. The predicted molar refractivity (Wildman–Crippen MR) is 54.2 cm³/mol. The highest BCUT2D eigenvalue weighted by Crippen LogP contribution is 2.12. The Bertz CT molecular complexity index is 476. The summed E-state index contributed by atoms with van der Waals surface area (Å²) < 4.78 is 2.02. The van der Waals surface area contributed by atoms with Crippen molar-refractivity contribution >= 4 is 18.2 Å². The molecule has 72 valence electrons. The minimum atomic E-state index is 0.265. The molecule has 0 aliphatic rings. The van der Waals surface area contributed by atoms with Gasteiger partial charge in [-0.25, -0.2) is 10.6 Å². The highest BCUT2D eigenvalue weighted by Gasteiger charge is 2.05. The Balaban J connectivity index is 2.61. The van der Waals surface area contributed by atoms with Crippen LogP contribution in [0.1, 0.15) is 0 Å². The molecule has 0 spiro atoms. The second-order valence-corrected chi connectivity index (χ2v) is 3.02. The lowest BCUT2D eigenvalue weighted by molar-refractivity contribution is 0.381. The van der Waals surface area contributed by atoms with E-state index in [4.69, 9.17) is 17.4 Å². The van der Waals surface area contributed by atoms with Gasteiger partial charge in [0.2, 0.25) is 4.77 Å².